The van der Waals surface area contributed by atoms with Crippen molar-refractivity contribution in [1.29, 1.82) is 0 Å². The second-order valence-corrected chi connectivity index (χ2v) is 4.42. The molecule has 0 aliphatic heterocycles. The fourth-order valence-electron chi connectivity index (χ4n) is 2.12. The Morgan fingerprint density at radius 1 is 1.10 bits per heavy atom. The highest BCUT2D eigenvalue weighted by Gasteiger charge is 2.31. The maximum Gasteiger partial charge on any atom is 0.406 e. The summed E-state index contributed by atoms with van der Waals surface area (Å²) in [4.78, 5) is 12.0. The van der Waals surface area contributed by atoms with E-state index in [9.17, 15) is 13.2 Å². The molecule has 2 N–H and O–H groups in total. The van der Waals surface area contributed by atoms with Gasteiger partial charge in [-0.25, -0.2) is 15.0 Å². The number of para-hydroxylation sites is 2. The number of rotatable bonds is 2. The van der Waals surface area contributed by atoms with E-state index in [4.69, 9.17) is 5.73 Å². The summed E-state index contributed by atoms with van der Waals surface area (Å²) in [6.45, 7) is -1.17. The Kier molecular flexibility index (Phi) is 3.00. The zero-order valence-electron chi connectivity index (χ0n) is 10.7. The van der Waals surface area contributed by atoms with E-state index in [-0.39, 0.29) is 17.3 Å². The lowest BCUT2D eigenvalue weighted by atomic mass is 10.3. The minimum atomic E-state index is -4.38. The van der Waals surface area contributed by atoms with E-state index in [0.717, 1.165) is 4.57 Å². The monoisotopic (exact) mass is 293 g/mol. The number of anilines is 1. The third kappa shape index (κ3) is 2.51. The van der Waals surface area contributed by atoms with E-state index < -0.39 is 12.7 Å². The fourth-order valence-corrected chi connectivity index (χ4v) is 2.12. The third-order valence-electron chi connectivity index (χ3n) is 2.93. The molecule has 21 heavy (non-hydrogen) atoms. The molecule has 0 spiro atoms. The van der Waals surface area contributed by atoms with Gasteiger partial charge >= 0.3 is 6.18 Å². The maximum absolute atomic E-state index is 12.8. The van der Waals surface area contributed by atoms with Crippen LogP contribution in [0.25, 0.3) is 22.6 Å². The molecule has 0 fully saturated rings. The lowest BCUT2D eigenvalue weighted by molar-refractivity contribution is -0.139. The summed E-state index contributed by atoms with van der Waals surface area (Å²) in [5, 5.41) is 0. The molecule has 5 nitrogen and oxygen atoms in total. The van der Waals surface area contributed by atoms with Crippen molar-refractivity contribution < 1.29 is 13.2 Å². The van der Waals surface area contributed by atoms with Crippen molar-refractivity contribution in [2.75, 3.05) is 5.73 Å². The van der Waals surface area contributed by atoms with Crippen molar-refractivity contribution in [2.45, 2.75) is 12.7 Å². The molecule has 0 saturated carbocycles. The van der Waals surface area contributed by atoms with Gasteiger partial charge in [0.1, 0.15) is 12.2 Å². The van der Waals surface area contributed by atoms with Gasteiger partial charge in [-0.2, -0.15) is 13.2 Å². The number of nitrogen functional groups attached to an aromatic ring is 1. The molecule has 0 aliphatic carbocycles. The summed E-state index contributed by atoms with van der Waals surface area (Å²) in [6.07, 6.45) is -1.65. The number of nitrogens with two attached hydrogens (primary N) is 1. The number of aromatic nitrogens is 4. The largest absolute Gasteiger partial charge is 0.406 e. The Bertz CT molecular complexity index is 794. The highest BCUT2D eigenvalue weighted by atomic mass is 19.4. The summed E-state index contributed by atoms with van der Waals surface area (Å²) in [7, 11) is 0. The van der Waals surface area contributed by atoms with Crippen molar-refractivity contribution in [2.24, 2.45) is 0 Å². The molecule has 0 amide bonds. The van der Waals surface area contributed by atoms with Crippen molar-refractivity contribution in [1.82, 2.24) is 19.5 Å². The van der Waals surface area contributed by atoms with E-state index in [1.165, 1.54) is 12.4 Å². The molecular weight excluding hydrogens is 283 g/mol. The van der Waals surface area contributed by atoms with Crippen molar-refractivity contribution in [3.63, 3.8) is 0 Å². The van der Waals surface area contributed by atoms with Gasteiger partial charge in [0.15, 0.2) is 11.6 Å². The molecule has 0 saturated heterocycles. The lowest BCUT2D eigenvalue weighted by Crippen LogP contribution is -2.18. The van der Waals surface area contributed by atoms with Crippen LogP contribution in [0.4, 0.5) is 19.0 Å². The lowest BCUT2D eigenvalue weighted by Gasteiger charge is -2.12. The first kappa shape index (κ1) is 13.3. The molecule has 0 atom stereocenters. The Labute approximate surface area is 117 Å². The Balaban J connectivity index is 2.27. The van der Waals surface area contributed by atoms with Gasteiger partial charge in [-0.05, 0) is 12.1 Å². The van der Waals surface area contributed by atoms with Gasteiger partial charge in [0.25, 0.3) is 0 Å². The molecular formula is C13H10F3N5. The fraction of sp³-hybridized carbons (Fsp3) is 0.154. The van der Waals surface area contributed by atoms with Crippen LogP contribution < -0.4 is 5.73 Å². The minimum absolute atomic E-state index is 0.0382. The zero-order chi connectivity index (χ0) is 15.0. The van der Waals surface area contributed by atoms with E-state index in [1.807, 2.05) is 0 Å². The summed E-state index contributed by atoms with van der Waals surface area (Å²) in [6, 6.07) is 6.57. The molecule has 3 rings (SSSR count). The molecule has 8 heteroatoms. The highest BCUT2D eigenvalue weighted by molar-refractivity contribution is 5.81. The van der Waals surface area contributed by atoms with Crippen LogP contribution in [0.5, 0.6) is 0 Å². The van der Waals surface area contributed by atoms with Crippen LogP contribution in [0.1, 0.15) is 0 Å². The highest BCUT2D eigenvalue weighted by Crippen LogP contribution is 2.29. The summed E-state index contributed by atoms with van der Waals surface area (Å²) in [5.41, 5.74) is 6.65. The first-order chi connectivity index (χ1) is 9.96. The van der Waals surface area contributed by atoms with Crippen LogP contribution in [0.15, 0.2) is 36.7 Å². The van der Waals surface area contributed by atoms with Gasteiger partial charge in [-0.15, -0.1) is 0 Å². The molecule has 0 unspecified atom stereocenters. The number of halogens is 3. The Morgan fingerprint density at radius 3 is 2.52 bits per heavy atom. The Morgan fingerprint density at radius 2 is 1.81 bits per heavy atom. The van der Waals surface area contributed by atoms with Gasteiger partial charge in [0.05, 0.1) is 11.0 Å². The van der Waals surface area contributed by atoms with Gasteiger partial charge in [0, 0.05) is 12.4 Å². The second-order valence-electron chi connectivity index (χ2n) is 4.42. The van der Waals surface area contributed by atoms with Crippen molar-refractivity contribution in [3.05, 3.63) is 36.7 Å². The van der Waals surface area contributed by atoms with Crippen LogP contribution in [-0.2, 0) is 6.54 Å². The van der Waals surface area contributed by atoms with Crippen molar-refractivity contribution in [3.8, 4) is 11.5 Å². The molecule has 3 aromatic rings. The number of nitrogens with zero attached hydrogens (tertiary/aromatic N) is 4. The normalized spacial score (nSPS) is 12.0. The quantitative estimate of drug-likeness (QED) is 0.788. The molecule has 2 aromatic heterocycles. The topological polar surface area (TPSA) is 69.6 Å². The van der Waals surface area contributed by atoms with Gasteiger partial charge < -0.3 is 10.3 Å². The molecule has 108 valence electrons. The van der Waals surface area contributed by atoms with Crippen LogP contribution in [-0.4, -0.2) is 25.7 Å². The summed E-state index contributed by atoms with van der Waals surface area (Å²) in [5.74, 6) is 0.0929. The van der Waals surface area contributed by atoms with Gasteiger partial charge in [0.2, 0.25) is 0 Å². The van der Waals surface area contributed by atoms with Crippen molar-refractivity contribution >= 4 is 16.9 Å². The molecule has 0 radical (unpaired) electrons. The molecule has 2 heterocycles. The smallest absolute Gasteiger partial charge is 0.382 e. The number of imidazole rings is 1. The van der Waals surface area contributed by atoms with Crippen LogP contribution in [0.3, 0.4) is 0 Å². The van der Waals surface area contributed by atoms with E-state index in [2.05, 4.69) is 15.0 Å². The summed E-state index contributed by atoms with van der Waals surface area (Å²) >= 11 is 0. The van der Waals surface area contributed by atoms with E-state index >= 15 is 0 Å². The maximum atomic E-state index is 12.8. The molecule has 0 bridgehead atoms. The number of fused-ring (bicyclic) bond motifs is 1. The number of hydrogen-bond acceptors (Lipinski definition) is 4. The van der Waals surface area contributed by atoms with Gasteiger partial charge in [-0.3, -0.25) is 0 Å². The third-order valence-corrected chi connectivity index (χ3v) is 2.93. The van der Waals surface area contributed by atoms with Crippen LogP contribution >= 0.6 is 0 Å². The first-order valence-corrected chi connectivity index (χ1v) is 6.04. The Hall–Kier alpha value is -2.64. The average Bonchev–Trinajstić information content (AvgIpc) is 2.76. The SMILES string of the molecule is Nc1nccnc1-c1nc2ccccc2n1CC(F)(F)F. The average molecular weight is 293 g/mol. The van der Waals surface area contributed by atoms with E-state index in [0.29, 0.717) is 11.0 Å². The predicted molar refractivity (Wildman–Crippen MR) is 71.2 cm³/mol. The predicted octanol–water partition coefficient (Wildman–Crippen LogP) is 2.64. The first-order valence-electron chi connectivity index (χ1n) is 6.04. The van der Waals surface area contributed by atoms with Crippen LogP contribution in [0, 0.1) is 0 Å². The molecule has 0 aliphatic rings. The van der Waals surface area contributed by atoms with E-state index in [1.54, 1.807) is 24.3 Å². The van der Waals surface area contributed by atoms with Crippen LogP contribution in [0.2, 0.25) is 0 Å². The molecule has 1 aromatic carbocycles. The summed E-state index contributed by atoms with van der Waals surface area (Å²) < 4.78 is 39.5. The minimum Gasteiger partial charge on any atom is -0.382 e. The number of hydrogen-bond donors (Lipinski definition) is 1. The number of benzene rings is 1. The number of alkyl halides is 3. The standard InChI is InChI=1S/C13H10F3N5/c14-13(15,16)7-21-9-4-2-1-3-8(9)20-12(21)10-11(17)19-6-5-18-10/h1-6H,7H2,(H2,17,19). The zero-order valence-corrected chi connectivity index (χ0v) is 10.7. The second kappa shape index (κ2) is 4.72. The van der Waals surface area contributed by atoms with Gasteiger partial charge in [-0.1, -0.05) is 12.1 Å².